The molecule has 1 unspecified atom stereocenters. The fraction of sp³-hybridized carbons (Fsp3) is 0.455. The summed E-state index contributed by atoms with van der Waals surface area (Å²) in [7, 11) is 8.24. The second-order valence-electron chi connectivity index (χ2n) is 6.76. The third kappa shape index (κ3) is 4.36. The Hall–Kier alpha value is -2.64. The molecule has 1 fully saturated rings. The maximum Gasteiger partial charge on any atom is 0.203 e. The van der Waals surface area contributed by atoms with Gasteiger partial charge in [0, 0.05) is 31.7 Å². The van der Waals surface area contributed by atoms with Gasteiger partial charge < -0.3 is 29.0 Å². The van der Waals surface area contributed by atoms with Gasteiger partial charge in [-0.15, -0.1) is 0 Å². The van der Waals surface area contributed by atoms with Crippen molar-refractivity contribution in [1.29, 1.82) is 0 Å². The molecule has 3 rings (SSSR count). The van der Waals surface area contributed by atoms with Crippen molar-refractivity contribution in [2.45, 2.75) is 6.04 Å². The lowest BCUT2D eigenvalue weighted by Gasteiger charge is -2.36. The molecular weight excluding hydrogens is 372 g/mol. The Morgan fingerprint density at radius 2 is 1.38 bits per heavy atom. The van der Waals surface area contributed by atoms with Crippen molar-refractivity contribution in [1.82, 2.24) is 10.2 Å². The zero-order valence-electron chi connectivity index (χ0n) is 17.8. The monoisotopic (exact) mass is 402 g/mol. The summed E-state index contributed by atoms with van der Waals surface area (Å²) >= 11 is 0. The van der Waals surface area contributed by atoms with Crippen LogP contribution in [0.2, 0.25) is 0 Å². The lowest BCUT2D eigenvalue weighted by Crippen LogP contribution is -2.45. The van der Waals surface area contributed by atoms with E-state index in [9.17, 15) is 0 Å². The molecule has 7 heteroatoms. The first-order valence-electron chi connectivity index (χ1n) is 9.63. The normalized spacial score (nSPS) is 15.5. The molecule has 29 heavy (non-hydrogen) atoms. The minimum absolute atomic E-state index is 0.0594. The Bertz CT molecular complexity index is 796. The molecule has 0 bridgehead atoms. The number of benzene rings is 2. The molecule has 1 aliphatic rings. The topological polar surface area (TPSA) is 61.4 Å². The smallest absolute Gasteiger partial charge is 0.203 e. The number of hydrogen-bond acceptors (Lipinski definition) is 7. The van der Waals surface area contributed by atoms with Crippen molar-refractivity contribution in [3.8, 4) is 28.7 Å². The number of nitrogens with zero attached hydrogens (tertiary/aromatic N) is 1. The van der Waals surface area contributed by atoms with Gasteiger partial charge in [0.2, 0.25) is 5.75 Å². The van der Waals surface area contributed by atoms with Crippen LogP contribution in [-0.4, -0.2) is 66.6 Å². The molecule has 1 atom stereocenters. The van der Waals surface area contributed by atoms with Crippen LogP contribution in [0.25, 0.3) is 0 Å². The van der Waals surface area contributed by atoms with Crippen LogP contribution >= 0.6 is 0 Å². The molecule has 7 nitrogen and oxygen atoms in total. The summed E-state index contributed by atoms with van der Waals surface area (Å²) in [5.74, 6) is 3.43. The van der Waals surface area contributed by atoms with E-state index in [0.29, 0.717) is 17.2 Å². The van der Waals surface area contributed by atoms with Gasteiger partial charge in [0.05, 0.1) is 41.6 Å². The Labute approximate surface area is 172 Å². The second kappa shape index (κ2) is 9.71. The molecule has 2 aromatic carbocycles. The van der Waals surface area contributed by atoms with Crippen molar-refractivity contribution in [2.24, 2.45) is 0 Å². The summed E-state index contributed by atoms with van der Waals surface area (Å²) in [6, 6.07) is 9.85. The molecule has 1 aliphatic heterocycles. The van der Waals surface area contributed by atoms with Crippen LogP contribution < -0.4 is 29.0 Å². The molecule has 0 aromatic heterocycles. The van der Waals surface area contributed by atoms with Crippen LogP contribution in [0.4, 0.5) is 0 Å². The van der Waals surface area contributed by atoms with E-state index < -0.39 is 0 Å². The van der Waals surface area contributed by atoms with Gasteiger partial charge >= 0.3 is 0 Å². The van der Waals surface area contributed by atoms with Gasteiger partial charge in [-0.3, -0.25) is 4.90 Å². The summed E-state index contributed by atoms with van der Waals surface area (Å²) in [4.78, 5) is 2.43. The van der Waals surface area contributed by atoms with E-state index in [2.05, 4.69) is 10.2 Å². The van der Waals surface area contributed by atoms with Crippen LogP contribution in [0, 0.1) is 0 Å². The number of rotatable bonds is 8. The van der Waals surface area contributed by atoms with Crippen molar-refractivity contribution in [3.05, 3.63) is 41.5 Å². The minimum Gasteiger partial charge on any atom is -0.497 e. The summed E-state index contributed by atoms with van der Waals surface area (Å²) in [5, 5.41) is 3.42. The molecule has 0 spiro atoms. The zero-order valence-corrected chi connectivity index (χ0v) is 17.8. The molecule has 158 valence electrons. The first-order chi connectivity index (χ1) is 14.2. The second-order valence-corrected chi connectivity index (χ2v) is 6.76. The van der Waals surface area contributed by atoms with Crippen molar-refractivity contribution in [2.75, 3.05) is 61.7 Å². The molecule has 1 heterocycles. The van der Waals surface area contributed by atoms with E-state index in [1.807, 2.05) is 30.3 Å². The Balaban J connectivity index is 2.20. The quantitative estimate of drug-likeness (QED) is 0.728. The molecule has 2 aromatic rings. The van der Waals surface area contributed by atoms with E-state index in [1.165, 1.54) is 0 Å². The minimum atomic E-state index is -0.0594. The van der Waals surface area contributed by atoms with Crippen molar-refractivity contribution in [3.63, 3.8) is 0 Å². The van der Waals surface area contributed by atoms with Crippen LogP contribution in [0.15, 0.2) is 30.3 Å². The van der Waals surface area contributed by atoms with Crippen molar-refractivity contribution >= 4 is 0 Å². The number of ether oxygens (including phenoxy) is 5. The fourth-order valence-corrected chi connectivity index (χ4v) is 3.84. The first kappa shape index (κ1) is 21.1. The summed E-state index contributed by atoms with van der Waals surface area (Å²) < 4.78 is 27.9. The standard InChI is InChI=1S/C22H30N2O5/c1-25-16-6-7-18(26-2)17(14-16)21(24-10-8-23-9-11-24)15-12-19(27-3)22(29-5)20(13-15)28-4/h6-7,12-14,21,23H,8-11H2,1-5H3. The average molecular weight is 402 g/mol. The van der Waals surface area contributed by atoms with E-state index >= 15 is 0 Å². The number of hydrogen-bond donors (Lipinski definition) is 1. The molecule has 0 aliphatic carbocycles. The SMILES string of the molecule is COc1ccc(OC)c(C(c2cc(OC)c(OC)c(OC)c2)N2CCNCC2)c1. The van der Waals surface area contributed by atoms with Gasteiger partial charge in [-0.1, -0.05) is 0 Å². The number of nitrogens with one attached hydrogen (secondary N) is 1. The van der Waals surface area contributed by atoms with Gasteiger partial charge in [0.15, 0.2) is 11.5 Å². The lowest BCUT2D eigenvalue weighted by atomic mass is 9.94. The van der Waals surface area contributed by atoms with Crippen LogP contribution in [0.1, 0.15) is 17.2 Å². The van der Waals surface area contributed by atoms with E-state index in [0.717, 1.165) is 48.8 Å². The molecule has 0 radical (unpaired) electrons. The summed E-state index contributed by atoms with van der Waals surface area (Å²) in [5.41, 5.74) is 2.07. The first-order valence-corrected chi connectivity index (χ1v) is 9.63. The summed E-state index contributed by atoms with van der Waals surface area (Å²) in [6.45, 7) is 3.66. The lowest BCUT2D eigenvalue weighted by molar-refractivity contribution is 0.194. The van der Waals surface area contributed by atoms with Crippen LogP contribution in [0.3, 0.4) is 0 Å². The van der Waals surface area contributed by atoms with Gasteiger partial charge in [-0.05, 0) is 35.9 Å². The highest BCUT2D eigenvalue weighted by molar-refractivity contribution is 5.57. The largest absolute Gasteiger partial charge is 0.497 e. The number of piperazine rings is 1. The van der Waals surface area contributed by atoms with Crippen LogP contribution in [0.5, 0.6) is 28.7 Å². The highest BCUT2D eigenvalue weighted by atomic mass is 16.5. The van der Waals surface area contributed by atoms with E-state index in [4.69, 9.17) is 23.7 Å². The molecular formula is C22H30N2O5. The van der Waals surface area contributed by atoms with E-state index in [1.54, 1.807) is 35.5 Å². The molecule has 0 saturated carbocycles. The Morgan fingerprint density at radius 3 is 1.90 bits per heavy atom. The Kier molecular flexibility index (Phi) is 7.06. The average Bonchev–Trinajstić information content (AvgIpc) is 2.79. The fourth-order valence-electron chi connectivity index (χ4n) is 3.84. The van der Waals surface area contributed by atoms with Crippen molar-refractivity contribution < 1.29 is 23.7 Å². The van der Waals surface area contributed by atoms with E-state index in [-0.39, 0.29) is 6.04 Å². The van der Waals surface area contributed by atoms with Gasteiger partial charge in [0.25, 0.3) is 0 Å². The highest BCUT2D eigenvalue weighted by Crippen LogP contribution is 2.44. The van der Waals surface area contributed by atoms with Gasteiger partial charge in [-0.25, -0.2) is 0 Å². The van der Waals surface area contributed by atoms with Gasteiger partial charge in [0.1, 0.15) is 11.5 Å². The predicted molar refractivity (Wildman–Crippen MR) is 112 cm³/mol. The van der Waals surface area contributed by atoms with Crippen LogP contribution in [-0.2, 0) is 0 Å². The molecule has 1 N–H and O–H groups in total. The predicted octanol–water partition coefficient (Wildman–Crippen LogP) is 2.72. The highest BCUT2D eigenvalue weighted by Gasteiger charge is 2.29. The zero-order chi connectivity index (χ0) is 20.8. The molecule has 0 amide bonds. The molecule has 1 saturated heterocycles. The third-order valence-electron chi connectivity index (χ3n) is 5.25. The third-order valence-corrected chi connectivity index (χ3v) is 5.25. The summed E-state index contributed by atoms with van der Waals surface area (Å²) in [6.07, 6.45) is 0. The van der Waals surface area contributed by atoms with Gasteiger partial charge in [-0.2, -0.15) is 0 Å². The maximum absolute atomic E-state index is 5.71. The maximum atomic E-state index is 5.71. The number of methoxy groups -OCH3 is 5. The Morgan fingerprint density at radius 1 is 0.759 bits per heavy atom.